The molecule has 4 rings (SSSR count). The molecule has 25 heavy (non-hydrogen) atoms. The number of hydrogen-bond acceptors (Lipinski definition) is 0. The number of rotatable bonds is 2. The molecule has 1 fully saturated rings. The van der Waals surface area contributed by atoms with Crippen LogP contribution in [0.3, 0.4) is 0 Å². The second-order valence-corrected chi connectivity index (χ2v) is 7.27. The zero-order valence-electron chi connectivity index (χ0n) is 14.5. The van der Waals surface area contributed by atoms with Crippen molar-refractivity contribution in [3.8, 4) is 22.3 Å². The van der Waals surface area contributed by atoms with E-state index >= 15 is 4.39 Å². The van der Waals surface area contributed by atoms with Gasteiger partial charge in [0.2, 0.25) is 0 Å². The topological polar surface area (TPSA) is 0 Å². The van der Waals surface area contributed by atoms with Crippen LogP contribution < -0.4 is 0 Å². The van der Waals surface area contributed by atoms with Gasteiger partial charge in [0.25, 0.3) is 0 Å². The normalized spacial score (nSPS) is 21.8. The molecule has 0 unspecified atom stereocenters. The predicted octanol–water partition coefficient (Wildman–Crippen LogP) is 6.91. The van der Waals surface area contributed by atoms with Gasteiger partial charge in [-0.1, -0.05) is 24.3 Å². The van der Waals surface area contributed by atoms with Crippen LogP contribution in [0.1, 0.15) is 49.7 Å². The minimum atomic E-state index is -0.921. The van der Waals surface area contributed by atoms with Crippen LogP contribution in [-0.4, -0.2) is 0 Å². The van der Waals surface area contributed by atoms with Gasteiger partial charge in [0.05, 0.1) is 0 Å². The van der Waals surface area contributed by atoms with Crippen LogP contribution in [0, 0.1) is 30.3 Å². The lowest BCUT2D eigenvalue weighted by atomic mass is 9.73. The first kappa shape index (κ1) is 16.4. The Hall–Kier alpha value is -2.03. The molecule has 2 aliphatic carbocycles. The van der Waals surface area contributed by atoms with Gasteiger partial charge in [-0.05, 0) is 79.7 Å². The third-order valence-corrected chi connectivity index (χ3v) is 5.78. The molecule has 2 aromatic rings. The van der Waals surface area contributed by atoms with E-state index in [2.05, 4.69) is 12.2 Å². The maximum atomic E-state index is 15.1. The van der Waals surface area contributed by atoms with Gasteiger partial charge in [-0.3, -0.25) is 0 Å². The highest BCUT2D eigenvalue weighted by atomic mass is 19.2. The third kappa shape index (κ3) is 2.44. The Bertz CT molecular complexity index is 872. The summed E-state index contributed by atoms with van der Waals surface area (Å²) < 4.78 is 43.4. The second kappa shape index (κ2) is 6.05. The fourth-order valence-corrected chi connectivity index (χ4v) is 4.42. The highest BCUT2D eigenvalue weighted by Crippen LogP contribution is 2.53. The van der Waals surface area contributed by atoms with Gasteiger partial charge in [0.1, 0.15) is 5.82 Å². The van der Waals surface area contributed by atoms with Gasteiger partial charge >= 0.3 is 0 Å². The van der Waals surface area contributed by atoms with Crippen molar-refractivity contribution in [2.45, 2.75) is 45.4 Å². The minimum Gasteiger partial charge on any atom is -0.206 e. The van der Waals surface area contributed by atoms with Gasteiger partial charge in [-0.25, -0.2) is 13.2 Å². The lowest BCUT2D eigenvalue weighted by molar-refractivity contribution is 0.368. The SMILES string of the molecule is C/C=C/C1CCC(c2ccc3c(c2F)-c2c-3cc(C)c(F)c2F)CC1. The van der Waals surface area contributed by atoms with Crippen molar-refractivity contribution in [3.05, 3.63) is 58.9 Å². The van der Waals surface area contributed by atoms with E-state index in [-0.39, 0.29) is 28.4 Å². The molecule has 0 amide bonds. The maximum absolute atomic E-state index is 15.1. The number of halogens is 3. The minimum absolute atomic E-state index is 0.111. The van der Waals surface area contributed by atoms with E-state index in [4.69, 9.17) is 0 Å². The van der Waals surface area contributed by atoms with Crippen molar-refractivity contribution in [3.63, 3.8) is 0 Å². The van der Waals surface area contributed by atoms with Crippen LogP contribution in [-0.2, 0) is 0 Å². The maximum Gasteiger partial charge on any atom is 0.167 e. The van der Waals surface area contributed by atoms with Crippen molar-refractivity contribution in [2.75, 3.05) is 0 Å². The fraction of sp³-hybridized carbons (Fsp3) is 0.364. The Kier molecular flexibility index (Phi) is 3.98. The quantitative estimate of drug-likeness (QED) is 0.444. The first-order valence-corrected chi connectivity index (χ1v) is 8.97. The largest absolute Gasteiger partial charge is 0.206 e. The van der Waals surface area contributed by atoms with Crippen molar-refractivity contribution >= 4 is 0 Å². The molecule has 130 valence electrons. The molecule has 0 N–H and O–H groups in total. The Morgan fingerprint density at radius 3 is 2.24 bits per heavy atom. The molecule has 0 aromatic heterocycles. The summed E-state index contributed by atoms with van der Waals surface area (Å²) in [5, 5.41) is 0. The highest BCUT2D eigenvalue weighted by molar-refractivity contribution is 6.03. The molecule has 1 saturated carbocycles. The molecule has 0 saturated heterocycles. The summed E-state index contributed by atoms with van der Waals surface area (Å²) in [4.78, 5) is 0. The summed E-state index contributed by atoms with van der Waals surface area (Å²) in [6, 6.07) is 5.32. The molecule has 0 heterocycles. The summed E-state index contributed by atoms with van der Waals surface area (Å²) in [5.41, 5.74) is 2.60. The molecule has 0 bridgehead atoms. The second-order valence-electron chi connectivity index (χ2n) is 7.27. The van der Waals surface area contributed by atoms with E-state index in [1.807, 2.05) is 19.1 Å². The standard InChI is InChI=1S/C22H21F3/c1-3-4-13-5-7-14(8-6-13)15-9-10-16-17-11-12(2)20(23)22(25)19(17)18(16)21(15)24/h3-4,9-11,13-14H,5-8H2,1-2H3/b4-3+. The monoisotopic (exact) mass is 342 g/mol. The molecule has 2 aromatic carbocycles. The Morgan fingerprint density at radius 1 is 0.880 bits per heavy atom. The molecular weight excluding hydrogens is 321 g/mol. The summed E-state index contributed by atoms with van der Waals surface area (Å²) in [6.07, 6.45) is 8.26. The van der Waals surface area contributed by atoms with E-state index in [0.717, 1.165) is 25.7 Å². The molecule has 0 radical (unpaired) electrons. The third-order valence-electron chi connectivity index (χ3n) is 5.78. The molecule has 2 aliphatic rings. The Balaban J connectivity index is 1.69. The summed E-state index contributed by atoms with van der Waals surface area (Å²) in [7, 11) is 0. The molecule has 0 aliphatic heterocycles. The Morgan fingerprint density at radius 2 is 1.56 bits per heavy atom. The van der Waals surface area contributed by atoms with Crippen LogP contribution in [0.2, 0.25) is 0 Å². The van der Waals surface area contributed by atoms with Gasteiger partial charge in [-0.2, -0.15) is 0 Å². The summed E-state index contributed by atoms with van der Waals surface area (Å²) in [6.45, 7) is 3.56. The average molecular weight is 342 g/mol. The smallest absolute Gasteiger partial charge is 0.167 e. The van der Waals surface area contributed by atoms with E-state index in [1.165, 1.54) is 6.92 Å². The zero-order chi connectivity index (χ0) is 17.7. The molecule has 0 spiro atoms. The number of aryl methyl sites for hydroxylation is 1. The first-order valence-electron chi connectivity index (χ1n) is 8.97. The van der Waals surface area contributed by atoms with Crippen molar-refractivity contribution in [2.24, 2.45) is 5.92 Å². The summed E-state index contributed by atoms with van der Waals surface area (Å²) >= 11 is 0. The van der Waals surface area contributed by atoms with Crippen molar-refractivity contribution < 1.29 is 13.2 Å². The number of fused-ring (bicyclic) bond motifs is 4. The van der Waals surface area contributed by atoms with Crippen LogP contribution in [0.25, 0.3) is 22.3 Å². The zero-order valence-corrected chi connectivity index (χ0v) is 14.5. The molecule has 0 nitrogen and oxygen atoms in total. The van der Waals surface area contributed by atoms with Crippen LogP contribution in [0.15, 0.2) is 30.4 Å². The van der Waals surface area contributed by atoms with E-state index in [9.17, 15) is 8.78 Å². The average Bonchev–Trinajstić information content (AvgIpc) is 2.60. The van der Waals surface area contributed by atoms with Crippen LogP contribution >= 0.6 is 0 Å². The Labute approximate surface area is 146 Å². The molecule has 3 heteroatoms. The first-order chi connectivity index (χ1) is 12.0. The van der Waals surface area contributed by atoms with Crippen LogP contribution in [0.4, 0.5) is 13.2 Å². The summed E-state index contributed by atoms with van der Waals surface area (Å²) in [5.74, 6) is -1.42. The van der Waals surface area contributed by atoms with Crippen LogP contribution in [0.5, 0.6) is 0 Å². The van der Waals surface area contributed by atoms with Crippen molar-refractivity contribution in [1.29, 1.82) is 0 Å². The van der Waals surface area contributed by atoms with Crippen molar-refractivity contribution in [1.82, 2.24) is 0 Å². The van der Waals surface area contributed by atoms with E-state index in [1.54, 1.807) is 6.07 Å². The molecular formula is C22H21F3. The highest BCUT2D eigenvalue weighted by Gasteiger charge is 2.34. The lowest BCUT2D eigenvalue weighted by Crippen LogP contribution is -2.15. The predicted molar refractivity (Wildman–Crippen MR) is 95.0 cm³/mol. The van der Waals surface area contributed by atoms with Gasteiger partial charge < -0.3 is 0 Å². The van der Waals surface area contributed by atoms with E-state index < -0.39 is 11.6 Å². The molecule has 0 atom stereocenters. The number of allylic oxidation sites excluding steroid dienone is 2. The van der Waals surface area contributed by atoms with Gasteiger partial charge in [-0.15, -0.1) is 0 Å². The van der Waals surface area contributed by atoms with Gasteiger partial charge in [0.15, 0.2) is 11.6 Å². The fourth-order valence-electron chi connectivity index (χ4n) is 4.42. The number of hydrogen-bond donors (Lipinski definition) is 0. The lowest BCUT2D eigenvalue weighted by Gasteiger charge is -2.31. The van der Waals surface area contributed by atoms with Gasteiger partial charge in [0, 0.05) is 11.1 Å². The number of benzene rings is 2. The van der Waals surface area contributed by atoms with E-state index in [0.29, 0.717) is 22.6 Å².